The summed E-state index contributed by atoms with van der Waals surface area (Å²) in [5.41, 5.74) is 3.67. The molecule has 0 aromatic carbocycles. The normalized spacial score (nSPS) is 42.6. The van der Waals surface area contributed by atoms with Gasteiger partial charge in [-0.2, -0.15) is 0 Å². The summed E-state index contributed by atoms with van der Waals surface area (Å²) in [6.07, 6.45) is 9.91. The molecule has 1 N–H and O–H groups in total. The molecular formula is C17H20O3. The highest BCUT2D eigenvalue weighted by Crippen LogP contribution is 2.56. The predicted octanol–water partition coefficient (Wildman–Crippen LogP) is 2.52. The molecule has 0 spiro atoms. The minimum absolute atomic E-state index is 0.0682. The average Bonchev–Trinajstić information content (AvgIpc) is 2.74. The number of cyclic esters (lactones) is 1. The zero-order valence-electron chi connectivity index (χ0n) is 11.8. The van der Waals surface area contributed by atoms with Gasteiger partial charge in [0.1, 0.15) is 6.61 Å². The van der Waals surface area contributed by atoms with E-state index >= 15 is 0 Å². The molecule has 20 heavy (non-hydrogen) atoms. The number of carbonyl (C=O) groups excluding carboxylic acids is 1. The van der Waals surface area contributed by atoms with Crippen LogP contribution >= 0.6 is 0 Å². The Morgan fingerprint density at radius 3 is 3.05 bits per heavy atom. The van der Waals surface area contributed by atoms with Gasteiger partial charge < -0.3 is 9.84 Å². The highest BCUT2D eigenvalue weighted by molar-refractivity contribution is 5.86. The van der Waals surface area contributed by atoms with Gasteiger partial charge in [0.2, 0.25) is 0 Å². The van der Waals surface area contributed by atoms with Gasteiger partial charge in [-0.15, -0.1) is 0 Å². The topological polar surface area (TPSA) is 46.5 Å². The number of rotatable bonds is 0. The lowest BCUT2D eigenvalue weighted by Crippen LogP contribution is -2.39. The summed E-state index contributed by atoms with van der Waals surface area (Å²) in [5, 5.41) is 10.3. The first-order valence-corrected chi connectivity index (χ1v) is 7.57. The fraction of sp³-hybridized carbons (Fsp3) is 0.588. The second-order valence-corrected chi connectivity index (χ2v) is 6.76. The van der Waals surface area contributed by atoms with Crippen LogP contribution in [0.5, 0.6) is 0 Å². The van der Waals surface area contributed by atoms with Crippen LogP contribution in [0.2, 0.25) is 0 Å². The predicted molar refractivity (Wildman–Crippen MR) is 74.8 cm³/mol. The number of aliphatic hydroxyl groups excluding tert-OH is 1. The molecule has 0 bridgehead atoms. The summed E-state index contributed by atoms with van der Waals surface area (Å²) in [6.45, 7) is 2.62. The summed E-state index contributed by atoms with van der Waals surface area (Å²) >= 11 is 0. The van der Waals surface area contributed by atoms with Crippen molar-refractivity contribution >= 4 is 5.97 Å². The molecule has 1 saturated carbocycles. The number of aliphatic hydroxyl groups is 1. The van der Waals surface area contributed by atoms with Gasteiger partial charge in [0.05, 0.1) is 6.10 Å². The standard InChI is InChI=1S/C17H20O3/c1-17-7-6-11-12(14(17)4-5-15(17)18)3-2-10-8-16(19)20-9-13(10)11/h6-8,12,14-15,18H,2-5,9H2,1H3/t12-,14+,15+,17+/m1/s1. The molecule has 1 fully saturated rings. The summed E-state index contributed by atoms with van der Waals surface area (Å²) in [7, 11) is 0. The zero-order valence-corrected chi connectivity index (χ0v) is 11.8. The average molecular weight is 272 g/mol. The number of esters is 1. The minimum atomic E-state index is -0.212. The third-order valence-corrected chi connectivity index (χ3v) is 5.89. The maximum absolute atomic E-state index is 11.4. The lowest BCUT2D eigenvalue weighted by molar-refractivity contribution is -0.137. The van der Waals surface area contributed by atoms with Crippen molar-refractivity contribution in [3.63, 3.8) is 0 Å². The van der Waals surface area contributed by atoms with Gasteiger partial charge in [-0.1, -0.05) is 19.1 Å². The van der Waals surface area contributed by atoms with Gasteiger partial charge in [0, 0.05) is 11.5 Å². The first-order chi connectivity index (χ1) is 9.59. The Balaban J connectivity index is 1.82. The van der Waals surface area contributed by atoms with Crippen LogP contribution in [0.15, 0.2) is 34.9 Å². The molecule has 1 heterocycles. The number of allylic oxidation sites excluding steroid dienone is 2. The Bertz CT molecular complexity index is 569. The van der Waals surface area contributed by atoms with Crippen LogP contribution in [-0.4, -0.2) is 23.8 Å². The Kier molecular flexibility index (Phi) is 2.53. The van der Waals surface area contributed by atoms with Gasteiger partial charge in [-0.25, -0.2) is 4.79 Å². The molecular weight excluding hydrogens is 252 g/mol. The monoisotopic (exact) mass is 272 g/mol. The molecule has 0 aromatic heterocycles. The Hall–Kier alpha value is -1.35. The number of hydrogen-bond donors (Lipinski definition) is 1. The van der Waals surface area contributed by atoms with Crippen molar-refractivity contribution < 1.29 is 14.6 Å². The van der Waals surface area contributed by atoms with E-state index in [-0.39, 0.29) is 17.5 Å². The van der Waals surface area contributed by atoms with Crippen molar-refractivity contribution in [1.29, 1.82) is 0 Å². The van der Waals surface area contributed by atoms with Gasteiger partial charge in [0.25, 0.3) is 0 Å². The van der Waals surface area contributed by atoms with Crippen molar-refractivity contribution in [3.05, 3.63) is 34.9 Å². The van der Waals surface area contributed by atoms with Crippen LogP contribution in [0, 0.1) is 17.3 Å². The smallest absolute Gasteiger partial charge is 0.331 e. The quantitative estimate of drug-likeness (QED) is 0.689. The van der Waals surface area contributed by atoms with Crippen LogP contribution in [0.1, 0.15) is 32.6 Å². The highest BCUT2D eigenvalue weighted by atomic mass is 16.5. The molecule has 1 aliphatic heterocycles. The third kappa shape index (κ3) is 1.53. The maximum Gasteiger partial charge on any atom is 0.331 e. The zero-order chi connectivity index (χ0) is 13.9. The van der Waals surface area contributed by atoms with Crippen LogP contribution in [0.3, 0.4) is 0 Å². The Morgan fingerprint density at radius 1 is 1.35 bits per heavy atom. The van der Waals surface area contributed by atoms with E-state index in [1.807, 2.05) is 0 Å². The highest BCUT2D eigenvalue weighted by Gasteiger charge is 2.51. The van der Waals surface area contributed by atoms with E-state index in [9.17, 15) is 9.90 Å². The molecule has 106 valence electrons. The molecule has 0 aromatic rings. The maximum atomic E-state index is 11.4. The first-order valence-electron chi connectivity index (χ1n) is 7.57. The number of fused-ring (bicyclic) bond motifs is 4. The first kappa shape index (κ1) is 12.4. The fourth-order valence-electron chi connectivity index (χ4n) is 4.68. The lowest BCUT2D eigenvalue weighted by atomic mass is 9.61. The molecule has 0 amide bonds. The minimum Gasteiger partial charge on any atom is -0.458 e. The molecule has 0 saturated heterocycles. The lowest BCUT2D eigenvalue weighted by Gasteiger charge is -2.44. The van der Waals surface area contributed by atoms with Crippen molar-refractivity contribution in [2.45, 2.75) is 38.7 Å². The van der Waals surface area contributed by atoms with Crippen molar-refractivity contribution in [2.24, 2.45) is 17.3 Å². The van der Waals surface area contributed by atoms with Crippen LogP contribution in [0.4, 0.5) is 0 Å². The van der Waals surface area contributed by atoms with E-state index < -0.39 is 0 Å². The van der Waals surface area contributed by atoms with Crippen molar-refractivity contribution in [3.8, 4) is 0 Å². The molecule has 3 aliphatic carbocycles. The van der Waals surface area contributed by atoms with Gasteiger partial charge in [0.15, 0.2) is 0 Å². The largest absolute Gasteiger partial charge is 0.458 e. The molecule has 3 nitrogen and oxygen atoms in total. The van der Waals surface area contributed by atoms with E-state index in [0.717, 1.165) is 25.7 Å². The van der Waals surface area contributed by atoms with E-state index in [1.54, 1.807) is 6.08 Å². The summed E-state index contributed by atoms with van der Waals surface area (Å²) in [6, 6.07) is 0. The molecule has 0 unspecified atom stereocenters. The van der Waals surface area contributed by atoms with E-state index in [2.05, 4.69) is 19.1 Å². The Labute approximate surface area is 119 Å². The summed E-state index contributed by atoms with van der Waals surface area (Å²) in [5.74, 6) is 0.846. The second-order valence-electron chi connectivity index (χ2n) is 6.76. The SMILES string of the molecule is C[C@]12C=CC3=C4COC(=O)C=C4CC[C@H]3[C@@H]1CC[C@@H]2O. The van der Waals surface area contributed by atoms with Crippen LogP contribution in [0.25, 0.3) is 0 Å². The molecule has 3 heteroatoms. The fourth-order valence-corrected chi connectivity index (χ4v) is 4.68. The number of ether oxygens (including phenoxy) is 1. The summed E-state index contributed by atoms with van der Waals surface area (Å²) < 4.78 is 5.20. The molecule has 0 radical (unpaired) electrons. The van der Waals surface area contributed by atoms with Crippen molar-refractivity contribution in [1.82, 2.24) is 0 Å². The van der Waals surface area contributed by atoms with Gasteiger partial charge >= 0.3 is 5.97 Å². The van der Waals surface area contributed by atoms with Crippen LogP contribution in [-0.2, 0) is 9.53 Å². The van der Waals surface area contributed by atoms with Gasteiger partial charge in [-0.3, -0.25) is 0 Å². The Morgan fingerprint density at radius 2 is 2.20 bits per heavy atom. The third-order valence-electron chi connectivity index (χ3n) is 5.89. The molecule has 4 aliphatic rings. The van der Waals surface area contributed by atoms with Crippen LogP contribution < -0.4 is 0 Å². The molecule has 4 rings (SSSR count). The van der Waals surface area contributed by atoms with E-state index in [0.29, 0.717) is 18.4 Å². The van der Waals surface area contributed by atoms with Gasteiger partial charge in [-0.05, 0) is 54.2 Å². The summed E-state index contributed by atoms with van der Waals surface area (Å²) in [4.78, 5) is 11.4. The van der Waals surface area contributed by atoms with Crippen molar-refractivity contribution in [2.75, 3.05) is 6.61 Å². The van der Waals surface area contributed by atoms with E-state index in [1.165, 1.54) is 16.7 Å². The van der Waals surface area contributed by atoms with E-state index in [4.69, 9.17) is 4.74 Å². The number of carbonyl (C=O) groups is 1. The number of hydrogen-bond acceptors (Lipinski definition) is 3. The second kappa shape index (κ2) is 4.08. The molecule has 4 atom stereocenters.